The van der Waals surface area contributed by atoms with E-state index in [1.54, 1.807) is 0 Å². The lowest BCUT2D eigenvalue weighted by molar-refractivity contribution is 0.0370. The largest absolute Gasteiger partial charge is 0.379 e. The van der Waals surface area contributed by atoms with Gasteiger partial charge in [0.1, 0.15) is 0 Å². The van der Waals surface area contributed by atoms with E-state index in [4.69, 9.17) is 4.74 Å². The van der Waals surface area contributed by atoms with Crippen LogP contribution >= 0.6 is 0 Å². The molecule has 2 aromatic rings. The van der Waals surface area contributed by atoms with Gasteiger partial charge in [0, 0.05) is 37.9 Å². The highest BCUT2D eigenvalue weighted by molar-refractivity contribution is 5.80. The molecule has 0 spiro atoms. The van der Waals surface area contributed by atoms with Crippen LogP contribution in [0.25, 0.3) is 10.9 Å². The van der Waals surface area contributed by atoms with E-state index in [9.17, 15) is 0 Å². The fraction of sp³-hybridized carbons (Fsp3) is 0.500. The molecular formula is C16H22N2O. The lowest BCUT2D eigenvalue weighted by atomic mass is 10.2. The third kappa shape index (κ3) is 2.99. The first-order valence-electron chi connectivity index (χ1n) is 7.18. The molecule has 1 aromatic carbocycles. The number of aryl methyl sites for hydroxylation is 2. The van der Waals surface area contributed by atoms with E-state index in [-0.39, 0.29) is 0 Å². The number of ether oxygens (including phenoxy) is 1. The van der Waals surface area contributed by atoms with Crippen molar-refractivity contribution in [1.82, 2.24) is 9.47 Å². The van der Waals surface area contributed by atoms with Gasteiger partial charge in [-0.3, -0.25) is 4.90 Å². The van der Waals surface area contributed by atoms with Crippen molar-refractivity contribution in [2.75, 3.05) is 32.8 Å². The van der Waals surface area contributed by atoms with Crippen molar-refractivity contribution in [1.29, 1.82) is 0 Å². The zero-order valence-corrected chi connectivity index (χ0v) is 11.6. The second-order valence-corrected chi connectivity index (χ2v) is 5.38. The van der Waals surface area contributed by atoms with Gasteiger partial charge < -0.3 is 9.30 Å². The molecule has 1 aliphatic heterocycles. The minimum Gasteiger partial charge on any atom is -0.379 e. The summed E-state index contributed by atoms with van der Waals surface area (Å²) in [6, 6.07) is 8.91. The van der Waals surface area contributed by atoms with Crippen LogP contribution in [0.15, 0.2) is 30.5 Å². The maximum absolute atomic E-state index is 5.37. The normalized spacial score (nSPS) is 17.1. The van der Waals surface area contributed by atoms with Crippen molar-refractivity contribution in [3.8, 4) is 0 Å². The van der Waals surface area contributed by atoms with Gasteiger partial charge in [0.25, 0.3) is 0 Å². The summed E-state index contributed by atoms with van der Waals surface area (Å²) in [5, 5.41) is 1.35. The lowest BCUT2D eigenvalue weighted by Crippen LogP contribution is -2.37. The molecule has 19 heavy (non-hydrogen) atoms. The SMILES string of the molecule is Cc1ccc2c(ccn2CCCN2CCOCC2)c1. The number of aromatic nitrogens is 1. The molecule has 0 saturated carbocycles. The fourth-order valence-electron chi connectivity index (χ4n) is 2.80. The smallest absolute Gasteiger partial charge is 0.0594 e. The Morgan fingerprint density at radius 1 is 1.11 bits per heavy atom. The van der Waals surface area contributed by atoms with Crippen LogP contribution in [0.5, 0.6) is 0 Å². The topological polar surface area (TPSA) is 17.4 Å². The molecule has 0 unspecified atom stereocenters. The van der Waals surface area contributed by atoms with Crippen molar-refractivity contribution in [3.05, 3.63) is 36.0 Å². The minimum atomic E-state index is 0.895. The van der Waals surface area contributed by atoms with Crippen molar-refractivity contribution in [2.45, 2.75) is 19.9 Å². The Bertz CT molecular complexity index is 541. The van der Waals surface area contributed by atoms with Crippen LogP contribution in [0.1, 0.15) is 12.0 Å². The molecule has 0 atom stereocenters. The molecule has 1 fully saturated rings. The number of rotatable bonds is 4. The van der Waals surface area contributed by atoms with E-state index in [1.807, 2.05) is 0 Å². The molecule has 1 aliphatic rings. The summed E-state index contributed by atoms with van der Waals surface area (Å²) < 4.78 is 7.74. The Balaban J connectivity index is 1.59. The number of nitrogens with zero attached hydrogens (tertiary/aromatic N) is 2. The van der Waals surface area contributed by atoms with E-state index < -0.39 is 0 Å². The maximum Gasteiger partial charge on any atom is 0.0594 e. The van der Waals surface area contributed by atoms with Crippen LogP contribution in [0.3, 0.4) is 0 Å². The summed E-state index contributed by atoms with van der Waals surface area (Å²) in [6.45, 7) is 8.39. The molecule has 0 bridgehead atoms. The Morgan fingerprint density at radius 3 is 2.79 bits per heavy atom. The van der Waals surface area contributed by atoms with Crippen molar-refractivity contribution in [2.24, 2.45) is 0 Å². The van der Waals surface area contributed by atoms with Crippen LogP contribution in [0.2, 0.25) is 0 Å². The minimum absolute atomic E-state index is 0.895. The lowest BCUT2D eigenvalue weighted by Gasteiger charge is -2.26. The molecule has 0 N–H and O–H groups in total. The van der Waals surface area contributed by atoms with Gasteiger partial charge in [-0.25, -0.2) is 0 Å². The number of benzene rings is 1. The summed E-state index contributed by atoms with van der Waals surface area (Å²) in [5.74, 6) is 0. The summed E-state index contributed by atoms with van der Waals surface area (Å²) >= 11 is 0. The third-order valence-electron chi connectivity index (χ3n) is 3.90. The zero-order valence-electron chi connectivity index (χ0n) is 11.6. The van der Waals surface area contributed by atoms with E-state index in [2.05, 4.69) is 46.9 Å². The highest BCUT2D eigenvalue weighted by Gasteiger charge is 2.09. The number of fused-ring (bicyclic) bond motifs is 1. The fourth-order valence-corrected chi connectivity index (χ4v) is 2.80. The predicted molar refractivity (Wildman–Crippen MR) is 78.6 cm³/mol. The van der Waals surface area contributed by atoms with E-state index >= 15 is 0 Å². The van der Waals surface area contributed by atoms with Gasteiger partial charge in [-0.2, -0.15) is 0 Å². The number of morpholine rings is 1. The first-order valence-corrected chi connectivity index (χ1v) is 7.18. The van der Waals surface area contributed by atoms with Crippen LogP contribution in [0, 0.1) is 6.92 Å². The third-order valence-corrected chi connectivity index (χ3v) is 3.90. The molecule has 3 heteroatoms. The van der Waals surface area contributed by atoms with Crippen molar-refractivity contribution < 1.29 is 4.74 Å². The van der Waals surface area contributed by atoms with Gasteiger partial charge in [-0.05, 0) is 36.9 Å². The molecule has 0 aliphatic carbocycles. The quantitative estimate of drug-likeness (QED) is 0.839. The molecule has 0 amide bonds. The van der Waals surface area contributed by atoms with Gasteiger partial charge in [-0.1, -0.05) is 11.6 Å². The second kappa shape index (κ2) is 5.76. The molecule has 102 valence electrons. The maximum atomic E-state index is 5.37. The molecular weight excluding hydrogens is 236 g/mol. The number of hydrogen-bond donors (Lipinski definition) is 0. The Kier molecular flexibility index (Phi) is 3.85. The van der Waals surface area contributed by atoms with Gasteiger partial charge >= 0.3 is 0 Å². The average molecular weight is 258 g/mol. The van der Waals surface area contributed by atoms with Crippen molar-refractivity contribution >= 4 is 10.9 Å². The molecule has 1 aromatic heterocycles. The highest BCUT2D eigenvalue weighted by atomic mass is 16.5. The van der Waals surface area contributed by atoms with E-state index in [0.717, 1.165) is 32.8 Å². The molecule has 1 saturated heterocycles. The first kappa shape index (κ1) is 12.7. The molecule has 2 heterocycles. The van der Waals surface area contributed by atoms with Crippen LogP contribution in [-0.4, -0.2) is 42.3 Å². The van der Waals surface area contributed by atoms with Crippen LogP contribution < -0.4 is 0 Å². The van der Waals surface area contributed by atoms with Crippen LogP contribution in [0.4, 0.5) is 0 Å². The predicted octanol–water partition coefficient (Wildman–Crippen LogP) is 2.67. The highest BCUT2D eigenvalue weighted by Crippen LogP contribution is 2.17. The van der Waals surface area contributed by atoms with Crippen molar-refractivity contribution in [3.63, 3.8) is 0 Å². The Hall–Kier alpha value is -1.32. The van der Waals surface area contributed by atoms with Gasteiger partial charge in [-0.15, -0.1) is 0 Å². The molecule has 3 rings (SSSR count). The van der Waals surface area contributed by atoms with Gasteiger partial charge in [0.2, 0.25) is 0 Å². The summed E-state index contributed by atoms with van der Waals surface area (Å²) in [7, 11) is 0. The first-order chi connectivity index (χ1) is 9.33. The molecule has 0 radical (unpaired) electrons. The molecule has 3 nitrogen and oxygen atoms in total. The van der Waals surface area contributed by atoms with Gasteiger partial charge in [0.15, 0.2) is 0 Å². The van der Waals surface area contributed by atoms with E-state index in [0.29, 0.717) is 0 Å². The Labute approximate surface area is 114 Å². The monoisotopic (exact) mass is 258 g/mol. The van der Waals surface area contributed by atoms with Gasteiger partial charge in [0.05, 0.1) is 13.2 Å². The zero-order chi connectivity index (χ0) is 13.1. The van der Waals surface area contributed by atoms with E-state index in [1.165, 1.54) is 29.4 Å². The number of hydrogen-bond acceptors (Lipinski definition) is 2. The standard InChI is InChI=1S/C16H22N2O/c1-14-3-4-16-15(13-14)5-8-18(16)7-2-6-17-9-11-19-12-10-17/h3-5,8,13H,2,6-7,9-12H2,1H3. The summed E-state index contributed by atoms with van der Waals surface area (Å²) in [5.41, 5.74) is 2.69. The summed E-state index contributed by atoms with van der Waals surface area (Å²) in [6.07, 6.45) is 3.42. The Morgan fingerprint density at radius 2 is 1.95 bits per heavy atom. The summed E-state index contributed by atoms with van der Waals surface area (Å²) in [4.78, 5) is 2.50. The average Bonchev–Trinajstić information content (AvgIpc) is 2.82. The van der Waals surface area contributed by atoms with Crippen LogP contribution in [-0.2, 0) is 11.3 Å². The second-order valence-electron chi connectivity index (χ2n) is 5.38.